The number of rotatable bonds is 3. The summed E-state index contributed by atoms with van der Waals surface area (Å²) in [5, 5.41) is 10.9. The molecule has 0 aliphatic heterocycles. The molecule has 2 rings (SSSR count). The molecular formula is C12H16N2O2. The lowest BCUT2D eigenvalue weighted by Gasteiger charge is -2.18. The van der Waals surface area contributed by atoms with Gasteiger partial charge in [0, 0.05) is 17.7 Å². The number of nitro benzene ring substituents is 1. The number of hydrogen-bond acceptors (Lipinski definition) is 3. The van der Waals surface area contributed by atoms with Gasteiger partial charge in [-0.2, -0.15) is 0 Å². The molecule has 0 heterocycles. The van der Waals surface area contributed by atoms with Crippen molar-refractivity contribution in [2.24, 2.45) is 11.7 Å². The van der Waals surface area contributed by atoms with Crippen LogP contribution in [0.5, 0.6) is 0 Å². The molecule has 0 aromatic heterocycles. The molecule has 0 amide bonds. The van der Waals surface area contributed by atoms with Crippen molar-refractivity contribution in [2.75, 3.05) is 0 Å². The molecule has 0 saturated heterocycles. The number of hydrogen-bond donors (Lipinski definition) is 1. The van der Waals surface area contributed by atoms with Crippen LogP contribution in [0.2, 0.25) is 0 Å². The predicted octanol–water partition coefficient (Wildman–Crippen LogP) is 2.78. The van der Waals surface area contributed by atoms with Gasteiger partial charge in [-0.25, -0.2) is 0 Å². The lowest BCUT2D eigenvalue weighted by molar-refractivity contribution is -0.385. The van der Waals surface area contributed by atoms with Crippen molar-refractivity contribution in [1.29, 1.82) is 0 Å². The van der Waals surface area contributed by atoms with Crippen LogP contribution in [0.25, 0.3) is 0 Å². The van der Waals surface area contributed by atoms with E-state index in [0.717, 1.165) is 12.8 Å². The monoisotopic (exact) mass is 220 g/mol. The smallest absolute Gasteiger partial charge is 0.274 e. The fraction of sp³-hybridized carbons (Fsp3) is 0.500. The van der Waals surface area contributed by atoms with Gasteiger partial charge in [-0.05, 0) is 18.8 Å². The third-order valence-corrected chi connectivity index (χ3v) is 3.40. The van der Waals surface area contributed by atoms with Gasteiger partial charge in [0.15, 0.2) is 0 Å². The number of nitrogens with two attached hydrogens (primary N) is 1. The molecule has 0 unspecified atom stereocenters. The van der Waals surface area contributed by atoms with Gasteiger partial charge < -0.3 is 5.73 Å². The fourth-order valence-electron chi connectivity index (χ4n) is 2.51. The van der Waals surface area contributed by atoms with Gasteiger partial charge in [0.1, 0.15) is 0 Å². The largest absolute Gasteiger partial charge is 0.324 e. The average Bonchev–Trinajstić information content (AvgIpc) is 2.81. The van der Waals surface area contributed by atoms with E-state index in [4.69, 9.17) is 5.73 Å². The van der Waals surface area contributed by atoms with Crippen LogP contribution in [-0.2, 0) is 0 Å². The normalized spacial score (nSPS) is 18.6. The first-order valence-electron chi connectivity index (χ1n) is 5.69. The van der Waals surface area contributed by atoms with E-state index in [1.807, 2.05) is 6.07 Å². The van der Waals surface area contributed by atoms with Crippen molar-refractivity contribution in [3.8, 4) is 0 Å². The molecule has 86 valence electrons. The van der Waals surface area contributed by atoms with E-state index in [2.05, 4.69) is 0 Å². The Morgan fingerprint density at radius 2 is 1.94 bits per heavy atom. The van der Waals surface area contributed by atoms with Crippen LogP contribution in [0.15, 0.2) is 24.3 Å². The first-order valence-corrected chi connectivity index (χ1v) is 5.69. The minimum Gasteiger partial charge on any atom is -0.324 e. The second kappa shape index (κ2) is 4.61. The van der Waals surface area contributed by atoms with Crippen molar-refractivity contribution in [3.63, 3.8) is 0 Å². The molecule has 1 aliphatic rings. The quantitative estimate of drug-likeness (QED) is 0.629. The highest BCUT2D eigenvalue weighted by Crippen LogP contribution is 2.37. The topological polar surface area (TPSA) is 69.2 Å². The van der Waals surface area contributed by atoms with Crippen LogP contribution in [-0.4, -0.2) is 4.92 Å². The van der Waals surface area contributed by atoms with Crippen molar-refractivity contribution in [1.82, 2.24) is 0 Å². The first-order chi connectivity index (χ1) is 7.70. The SMILES string of the molecule is N[C@H](c1ccccc1[N+](=O)[O-])C1CCCC1. The molecule has 1 aliphatic carbocycles. The molecule has 1 aromatic carbocycles. The van der Waals surface area contributed by atoms with Gasteiger partial charge >= 0.3 is 0 Å². The van der Waals surface area contributed by atoms with Crippen LogP contribution in [0.4, 0.5) is 5.69 Å². The highest BCUT2D eigenvalue weighted by Gasteiger charge is 2.27. The van der Waals surface area contributed by atoms with Gasteiger partial charge in [-0.3, -0.25) is 10.1 Å². The van der Waals surface area contributed by atoms with Crippen molar-refractivity contribution < 1.29 is 4.92 Å². The molecule has 1 aromatic rings. The number of benzene rings is 1. The zero-order chi connectivity index (χ0) is 11.5. The maximum atomic E-state index is 10.9. The van der Waals surface area contributed by atoms with Crippen molar-refractivity contribution in [3.05, 3.63) is 39.9 Å². The molecular weight excluding hydrogens is 204 g/mol. The summed E-state index contributed by atoms with van der Waals surface area (Å²) < 4.78 is 0. The van der Waals surface area contributed by atoms with Crippen LogP contribution < -0.4 is 5.73 Å². The Bertz CT molecular complexity index is 386. The Balaban J connectivity index is 2.27. The second-order valence-electron chi connectivity index (χ2n) is 4.39. The van der Waals surface area contributed by atoms with E-state index in [1.54, 1.807) is 12.1 Å². The summed E-state index contributed by atoms with van der Waals surface area (Å²) in [5.41, 5.74) is 6.97. The van der Waals surface area contributed by atoms with E-state index in [9.17, 15) is 10.1 Å². The van der Waals surface area contributed by atoms with E-state index in [0.29, 0.717) is 11.5 Å². The lowest BCUT2D eigenvalue weighted by Crippen LogP contribution is -2.20. The van der Waals surface area contributed by atoms with Crippen LogP contribution in [0.1, 0.15) is 37.3 Å². The number of nitro groups is 1. The molecule has 1 atom stereocenters. The van der Waals surface area contributed by atoms with Gasteiger partial charge in [-0.15, -0.1) is 0 Å². The average molecular weight is 220 g/mol. The van der Waals surface area contributed by atoms with Gasteiger partial charge in [-0.1, -0.05) is 31.0 Å². The van der Waals surface area contributed by atoms with Crippen molar-refractivity contribution in [2.45, 2.75) is 31.7 Å². The molecule has 0 radical (unpaired) electrons. The standard InChI is InChI=1S/C12H16N2O2/c13-12(9-5-1-2-6-9)10-7-3-4-8-11(10)14(15)16/h3-4,7-9,12H,1-2,5-6,13H2/t12-/m0/s1. The zero-order valence-electron chi connectivity index (χ0n) is 9.13. The van der Waals surface area contributed by atoms with E-state index in [-0.39, 0.29) is 16.7 Å². The summed E-state index contributed by atoms with van der Waals surface area (Å²) >= 11 is 0. The molecule has 1 fully saturated rings. The van der Waals surface area contributed by atoms with Crippen LogP contribution in [0, 0.1) is 16.0 Å². The zero-order valence-corrected chi connectivity index (χ0v) is 9.13. The molecule has 2 N–H and O–H groups in total. The van der Waals surface area contributed by atoms with Gasteiger partial charge in [0.2, 0.25) is 0 Å². The third kappa shape index (κ3) is 2.07. The Morgan fingerprint density at radius 1 is 1.31 bits per heavy atom. The molecule has 4 heteroatoms. The van der Waals surface area contributed by atoms with E-state index >= 15 is 0 Å². The van der Waals surface area contributed by atoms with E-state index in [1.165, 1.54) is 18.9 Å². The Morgan fingerprint density at radius 3 is 2.56 bits per heavy atom. The van der Waals surface area contributed by atoms with Crippen LogP contribution >= 0.6 is 0 Å². The van der Waals surface area contributed by atoms with E-state index < -0.39 is 0 Å². The Hall–Kier alpha value is -1.42. The molecule has 0 spiro atoms. The lowest BCUT2D eigenvalue weighted by atomic mass is 9.91. The Kier molecular flexibility index (Phi) is 3.19. The first kappa shape index (κ1) is 11.1. The minimum atomic E-state index is -0.343. The maximum Gasteiger partial charge on any atom is 0.274 e. The molecule has 1 saturated carbocycles. The highest BCUT2D eigenvalue weighted by molar-refractivity contribution is 5.42. The van der Waals surface area contributed by atoms with Crippen molar-refractivity contribution >= 4 is 5.69 Å². The van der Waals surface area contributed by atoms with Gasteiger partial charge in [0.05, 0.1) is 4.92 Å². The third-order valence-electron chi connectivity index (χ3n) is 3.40. The number of para-hydroxylation sites is 1. The summed E-state index contributed by atoms with van der Waals surface area (Å²) in [5.74, 6) is 0.404. The summed E-state index contributed by atoms with van der Waals surface area (Å²) in [6.07, 6.45) is 4.57. The summed E-state index contributed by atoms with van der Waals surface area (Å²) in [7, 11) is 0. The van der Waals surface area contributed by atoms with Crippen LogP contribution in [0.3, 0.4) is 0 Å². The summed E-state index contributed by atoms with van der Waals surface area (Å²) in [6, 6.07) is 6.62. The summed E-state index contributed by atoms with van der Waals surface area (Å²) in [6.45, 7) is 0. The summed E-state index contributed by atoms with van der Waals surface area (Å²) in [4.78, 5) is 10.5. The van der Waals surface area contributed by atoms with Gasteiger partial charge in [0.25, 0.3) is 5.69 Å². The predicted molar refractivity (Wildman–Crippen MR) is 62.0 cm³/mol. The second-order valence-corrected chi connectivity index (χ2v) is 4.39. The molecule has 0 bridgehead atoms. The minimum absolute atomic E-state index is 0.155. The maximum absolute atomic E-state index is 10.9. The number of nitrogens with zero attached hydrogens (tertiary/aromatic N) is 1. The molecule has 4 nitrogen and oxygen atoms in total. The molecule has 16 heavy (non-hydrogen) atoms. The fourth-order valence-corrected chi connectivity index (χ4v) is 2.51. The highest BCUT2D eigenvalue weighted by atomic mass is 16.6. The Labute approximate surface area is 94.6 Å².